The van der Waals surface area contributed by atoms with Gasteiger partial charge in [-0.3, -0.25) is 4.79 Å². The summed E-state index contributed by atoms with van der Waals surface area (Å²) in [5, 5.41) is 14.8. The number of anilines is 1. The highest BCUT2D eigenvalue weighted by Gasteiger charge is 2.07. The maximum absolute atomic E-state index is 11.4. The van der Waals surface area contributed by atoms with E-state index in [0.29, 0.717) is 6.54 Å². The van der Waals surface area contributed by atoms with Crippen molar-refractivity contribution in [3.05, 3.63) is 30.5 Å². The zero-order valence-electron chi connectivity index (χ0n) is 9.16. The van der Waals surface area contributed by atoms with Crippen LogP contribution in [0.15, 0.2) is 24.8 Å². The summed E-state index contributed by atoms with van der Waals surface area (Å²) in [5.41, 5.74) is 0.729. The van der Waals surface area contributed by atoms with Crippen molar-refractivity contribution in [2.75, 3.05) is 18.4 Å². The average Bonchev–Trinajstić information content (AvgIpc) is 2.24. The van der Waals surface area contributed by atoms with Gasteiger partial charge in [0, 0.05) is 12.2 Å². The third-order valence-electron chi connectivity index (χ3n) is 1.85. The molecule has 0 bridgehead atoms. The van der Waals surface area contributed by atoms with Gasteiger partial charge in [-0.15, -0.1) is 6.58 Å². The topological polar surface area (TPSA) is 74.2 Å². The van der Waals surface area contributed by atoms with Gasteiger partial charge in [-0.25, -0.2) is 4.98 Å². The molecule has 0 atom stereocenters. The minimum atomic E-state index is -0.254. The van der Waals surface area contributed by atoms with Crippen LogP contribution in [0.3, 0.4) is 0 Å². The number of aromatic hydroxyl groups is 1. The van der Waals surface area contributed by atoms with Crippen LogP contribution in [0.25, 0.3) is 0 Å². The molecule has 5 nitrogen and oxygen atoms in total. The second kappa shape index (κ2) is 5.87. The number of amides is 1. The molecule has 1 rings (SSSR count). The van der Waals surface area contributed by atoms with Crippen LogP contribution in [0.4, 0.5) is 5.82 Å². The number of rotatable bonds is 5. The van der Waals surface area contributed by atoms with Crippen molar-refractivity contribution in [2.24, 2.45) is 0 Å². The molecule has 0 radical (unpaired) electrons. The molecule has 16 heavy (non-hydrogen) atoms. The molecule has 1 aromatic heterocycles. The second-order valence-corrected chi connectivity index (χ2v) is 3.29. The van der Waals surface area contributed by atoms with E-state index >= 15 is 0 Å². The Labute approximate surface area is 94.2 Å². The second-order valence-electron chi connectivity index (χ2n) is 3.29. The van der Waals surface area contributed by atoms with Crippen molar-refractivity contribution >= 4 is 11.7 Å². The number of nitrogens with zero attached hydrogens (tertiary/aromatic N) is 1. The maximum atomic E-state index is 11.4. The summed E-state index contributed by atoms with van der Waals surface area (Å²) in [5.74, 6) is -0.108. The monoisotopic (exact) mass is 221 g/mol. The molecule has 1 heterocycles. The number of hydrogen-bond donors (Lipinski definition) is 3. The molecule has 0 aliphatic carbocycles. The van der Waals surface area contributed by atoms with Crippen LogP contribution in [-0.4, -0.2) is 29.1 Å². The highest BCUT2D eigenvalue weighted by atomic mass is 16.3. The van der Waals surface area contributed by atoms with Crippen LogP contribution < -0.4 is 10.6 Å². The molecule has 0 fully saturated rings. The van der Waals surface area contributed by atoms with E-state index in [9.17, 15) is 9.90 Å². The van der Waals surface area contributed by atoms with Crippen molar-refractivity contribution in [1.29, 1.82) is 0 Å². The molecule has 0 saturated heterocycles. The lowest BCUT2D eigenvalue weighted by Crippen LogP contribution is -2.28. The summed E-state index contributed by atoms with van der Waals surface area (Å²) in [6, 6.07) is 3.16. The lowest BCUT2D eigenvalue weighted by Gasteiger charge is -2.07. The minimum Gasteiger partial charge on any atom is -0.504 e. The first-order valence-corrected chi connectivity index (χ1v) is 4.91. The molecule has 5 heteroatoms. The summed E-state index contributed by atoms with van der Waals surface area (Å²) in [6.07, 6.45) is 1.66. The maximum Gasteiger partial charge on any atom is 0.239 e. The fourth-order valence-corrected chi connectivity index (χ4v) is 1.11. The molecule has 1 aromatic rings. The Morgan fingerprint density at radius 2 is 2.38 bits per heavy atom. The molecule has 3 N–H and O–H groups in total. The van der Waals surface area contributed by atoms with Crippen molar-refractivity contribution < 1.29 is 9.90 Å². The van der Waals surface area contributed by atoms with Gasteiger partial charge in [0.15, 0.2) is 11.6 Å². The molecule has 0 spiro atoms. The van der Waals surface area contributed by atoms with Crippen LogP contribution in [0.1, 0.15) is 5.69 Å². The number of pyridine rings is 1. The zero-order chi connectivity index (χ0) is 12.0. The molecular formula is C11H15N3O2. The fraction of sp³-hybridized carbons (Fsp3) is 0.273. The van der Waals surface area contributed by atoms with Crippen molar-refractivity contribution in [3.8, 4) is 5.75 Å². The SMILES string of the molecule is C=CCNCC(=O)Nc1nc(C)ccc1O. The van der Waals surface area contributed by atoms with E-state index in [1.54, 1.807) is 19.1 Å². The van der Waals surface area contributed by atoms with Crippen molar-refractivity contribution in [1.82, 2.24) is 10.3 Å². The number of aromatic nitrogens is 1. The van der Waals surface area contributed by atoms with E-state index in [0.717, 1.165) is 5.69 Å². The predicted molar refractivity (Wildman–Crippen MR) is 62.3 cm³/mol. The summed E-state index contributed by atoms with van der Waals surface area (Å²) in [4.78, 5) is 15.4. The minimum absolute atomic E-state index is 0.0392. The third-order valence-corrected chi connectivity index (χ3v) is 1.85. The average molecular weight is 221 g/mol. The largest absolute Gasteiger partial charge is 0.504 e. The van der Waals surface area contributed by atoms with Crippen LogP contribution >= 0.6 is 0 Å². The molecule has 1 amide bonds. The highest BCUT2D eigenvalue weighted by molar-refractivity contribution is 5.92. The van der Waals surface area contributed by atoms with E-state index < -0.39 is 0 Å². The first kappa shape index (κ1) is 12.2. The lowest BCUT2D eigenvalue weighted by molar-refractivity contribution is -0.115. The Bertz CT molecular complexity index is 391. The van der Waals surface area contributed by atoms with Gasteiger partial charge in [-0.05, 0) is 19.1 Å². The van der Waals surface area contributed by atoms with E-state index in [1.807, 2.05) is 0 Å². The summed E-state index contributed by atoms with van der Waals surface area (Å²) >= 11 is 0. The van der Waals surface area contributed by atoms with Crippen molar-refractivity contribution in [3.63, 3.8) is 0 Å². The van der Waals surface area contributed by atoms with E-state index in [-0.39, 0.29) is 24.0 Å². The van der Waals surface area contributed by atoms with Gasteiger partial charge in [0.2, 0.25) is 5.91 Å². The fourth-order valence-electron chi connectivity index (χ4n) is 1.11. The smallest absolute Gasteiger partial charge is 0.239 e. The van der Waals surface area contributed by atoms with Gasteiger partial charge < -0.3 is 15.7 Å². The molecular weight excluding hydrogens is 206 g/mol. The van der Waals surface area contributed by atoms with Crippen LogP contribution in [-0.2, 0) is 4.79 Å². The van der Waals surface area contributed by atoms with Gasteiger partial charge in [-0.1, -0.05) is 6.08 Å². The highest BCUT2D eigenvalue weighted by Crippen LogP contribution is 2.19. The standard InChI is InChI=1S/C11H15N3O2/c1-3-6-12-7-10(16)14-11-9(15)5-4-8(2)13-11/h3-5,12,15H,1,6-7H2,2H3,(H,13,14,16). The van der Waals surface area contributed by atoms with Crippen molar-refractivity contribution in [2.45, 2.75) is 6.92 Å². The molecule has 0 unspecified atom stereocenters. The van der Waals surface area contributed by atoms with E-state index in [2.05, 4.69) is 22.2 Å². The third kappa shape index (κ3) is 3.70. The van der Waals surface area contributed by atoms with Gasteiger partial charge >= 0.3 is 0 Å². The first-order valence-electron chi connectivity index (χ1n) is 4.91. The molecule has 0 aromatic carbocycles. The predicted octanol–water partition coefficient (Wildman–Crippen LogP) is 0.810. The zero-order valence-corrected chi connectivity index (χ0v) is 9.16. The number of nitrogens with one attached hydrogen (secondary N) is 2. The summed E-state index contributed by atoms with van der Waals surface area (Å²) < 4.78 is 0. The van der Waals surface area contributed by atoms with Crippen LogP contribution in [0.2, 0.25) is 0 Å². The summed E-state index contributed by atoms with van der Waals surface area (Å²) in [6.45, 7) is 6.01. The molecule has 86 valence electrons. The Balaban J connectivity index is 2.55. The van der Waals surface area contributed by atoms with Crippen LogP contribution in [0, 0.1) is 6.92 Å². The Hall–Kier alpha value is -1.88. The Morgan fingerprint density at radius 1 is 1.62 bits per heavy atom. The Morgan fingerprint density at radius 3 is 3.06 bits per heavy atom. The molecule has 0 saturated carbocycles. The molecule has 0 aliphatic rings. The van der Waals surface area contributed by atoms with Gasteiger partial charge in [0.05, 0.1) is 6.54 Å². The lowest BCUT2D eigenvalue weighted by atomic mass is 10.3. The quantitative estimate of drug-likeness (QED) is 0.508. The normalized spacial score (nSPS) is 9.81. The van der Waals surface area contributed by atoms with Gasteiger partial charge in [0.1, 0.15) is 0 Å². The van der Waals surface area contributed by atoms with Gasteiger partial charge in [-0.2, -0.15) is 0 Å². The van der Waals surface area contributed by atoms with Gasteiger partial charge in [0.25, 0.3) is 0 Å². The number of aryl methyl sites for hydroxylation is 1. The number of carbonyl (C=O) groups is 1. The summed E-state index contributed by atoms with van der Waals surface area (Å²) in [7, 11) is 0. The first-order chi connectivity index (χ1) is 7.63. The Kier molecular flexibility index (Phi) is 4.47. The number of hydrogen-bond acceptors (Lipinski definition) is 4. The van der Waals surface area contributed by atoms with E-state index in [4.69, 9.17) is 0 Å². The number of carbonyl (C=O) groups excluding carboxylic acids is 1. The van der Waals surface area contributed by atoms with Crippen LogP contribution in [0.5, 0.6) is 5.75 Å². The van der Waals surface area contributed by atoms with E-state index in [1.165, 1.54) is 6.07 Å². The molecule has 0 aliphatic heterocycles.